The predicted molar refractivity (Wildman–Crippen MR) is 114 cm³/mol. The second-order valence-electron chi connectivity index (χ2n) is 9.28. The first-order valence-corrected chi connectivity index (χ1v) is 21.1. The van der Waals surface area contributed by atoms with Crippen LogP contribution in [0.5, 0.6) is 0 Å². The molecule has 1 N–H and O–H groups in total. The molecule has 0 saturated carbocycles. The average molecular weight is 423 g/mol. The number of carbonyl (C=O) groups excluding carboxylic acids is 1. The lowest BCUT2D eigenvalue weighted by Crippen LogP contribution is -2.60. The van der Waals surface area contributed by atoms with Crippen molar-refractivity contribution in [1.29, 1.82) is 0 Å². The maximum Gasteiger partial charge on any atom is 0.469 e. The van der Waals surface area contributed by atoms with Crippen LogP contribution in [0, 0.1) is 0 Å². The molecule has 0 aromatic rings. The lowest BCUT2D eigenvalue weighted by molar-refractivity contribution is -0.122. The molecule has 0 amide bonds. The van der Waals surface area contributed by atoms with E-state index in [0.717, 1.165) is 0 Å². The first-order chi connectivity index (χ1) is 11.0. The molecule has 0 heterocycles. The van der Waals surface area contributed by atoms with Crippen molar-refractivity contribution in [2.24, 2.45) is 0 Å². The first-order valence-electron chi connectivity index (χ1n) is 8.94. The summed E-state index contributed by atoms with van der Waals surface area (Å²) in [5.74, 6) is -0.278. The van der Waals surface area contributed by atoms with Crippen LogP contribution in [0.1, 0.15) is 13.3 Å². The zero-order valence-electron chi connectivity index (χ0n) is 17.7. The molecule has 0 aromatic carbocycles. The van der Waals surface area contributed by atoms with E-state index >= 15 is 0 Å². The van der Waals surface area contributed by atoms with E-state index in [1.54, 1.807) is 13.0 Å². The molecular formula is C16H38O5Si4. The molecule has 5 nitrogen and oxygen atoms in total. The Morgan fingerprint density at radius 2 is 1.24 bits per heavy atom. The zero-order valence-corrected chi connectivity index (χ0v) is 21.7. The zero-order chi connectivity index (χ0) is 20.1. The standard InChI is InChI=1S/C16H38O5Si4/c1-11-12-15(17)16(18)13-14-25(19-22(2,3)4,20-23(5,6)7)21-24(8,9)10/h11-12,16,18H,13-14H2,1-10H3. The fraction of sp³-hybridized carbons (Fsp3) is 0.812. The van der Waals surface area contributed by atoms with E-state index in [4.69, 9.17) is 12.3 Å². The number of ketones is 1. The van der Waals surface area contributed by atoms with Crippen LogP contribution < -0.4 is 0 Å². The van der Waals surface area contributed by atoms with Gasteiger partial charge in [-0.2, -0.15) is 0 Å². The fourth-order valence-electron chi connectivity index (χ4n) is 2.35. The summed E-state index contributed by atoms with van der Waals surface area (Å²) in [6, 6.07) is 0.469. The second-order valence-corrected chi connectivity index (χ2v) is 26.3. The van der Waals surface area contributed by atoms with Gasteiger partial charge in [0, 0.05) is 6.04 Å². The van der Waals surface area contributed by atoms with Crippen molar-refractivity contribution in [3.63, 3.8) is 0 Å². The molecule has 148 valence electrons. The summed E-state index contributed by atoms with van der Waals surface area (Å²) in [5, 5.41) is 10.2. The maximum absolute atomic E-state index is 11.9. The van der Waals surface area contributed by atoms with Crippen LogP contribution in [0.2, 0.25) is 65.0 Å². The molecule has 0 aliphatic heterocycles. The van der Waals surface area contributed by atoms with Gasteiger partial charge in [0.05, 0.1) is 0 Å². The average Bonchev–Trinajstić information content (AvgIpc) is 2.29. The Morgan fingerprint density at radius 1 is 0.880 bits per heavy atom. The Balaban J connectivity index is 5.61. The van der Waals surface area contributed by atoms with Gasteiger partial charge in [-0.05, 0) is 78.3 Å². The highest BCUT2D eigenvalue weighted by Gasteiger charge is 2.50. The Bertz CT molecular complexity index is 420. The lowest BCUT2D eigenvalue weighted by Gasteiger charge is -2.43. The molecule has 0 aromatic heterocycles. The highest BCUT2D eigenvalue weighted by atomic mass is 28.5. The van der Waals surface area contributed by atoms with Crippen LogP contribution in [0.15, 0.2) is 12.2 Å². The van der Waals surface area contributed by atoms with Gasteiger partial charge in [-0.25, -0.2) is 0 Å². The lowest BCUT2D eigenvalue weighted by atomic mass is 10.2. The SMILES string of the molecule is CC=CC(=O)C(O)CC[Si](O[Si](C)(C)C)(O[Si](C)(C)C)O[Si](C)(C)C. The van der Waals surface area contributed by atoms with E-state index in [1.807, 2.05) is 0 Å². The van der Waals surface area contributed by atoms with E-state index in [9.17, 15) is 9.90 Å². The Morgan fingerprint density at radius 3 is 1.52 bits per heavy atom. The van der Waals surface area contributed by atoms with E-state index in [0.29, 0.717) is 12.5 Å². The van der Waals surface area contributed by atoms with E-state index < -0.39 is 39.9 Å². The van der Waals surface area contributed by atoms with Crippen LogP contribution in [0.4, 0.5) is 0 Å². The molecule has 25 heavy (non-hydrogen) atoms. The third kappa shape index (κ3) is 12.2. The third-order valence-electron chi connectivity index (χ3n) is 2.77. The smallest absolute Gasteiger partial charge is 0.417 e. The highest BCUT2D eigenvalue weighted by Crippen LogP contribution is 2.30. The number of allylic oxidation sites excluding steroid dienone is 1. The van der Waals surface area contributed by atoms with Crippen molar-refractivity contribution in [3.05, 3.63) is 12.2 Å². The first kappa shape index (κ1) is 25.1. The van der Waals surface area contributed by atoms with Crippen LogP contribution in [-0.4, -0.2) is 50.8 Å². The molecule has 0 radical (unpaired) electrons. The van der Waals surface area contributed by atoms with Gasteiger partial charge in [-0.1, -0.05) is 6.08 Å². The minimum atomic E-state index is -2.98. The largest absolute Gasteiger partial charge is 0.469 e. The quantitative estimate of drug-likeness (QED) is 0.395. The summed E-state index contributed by atoms with van der Waals surface area (Å²) in [6.45, 7) is 20.9. The number of rotatable bonds is 11. The van der Waals surface area contributed by atoms with Gasteiger partial charge in [-0.15, -0.1) is 0 Å². The summed E-state index contributed by atoms with van der Waals surface area (Å²) in [7, 11) is -8.78. The van der Waals surface area contributed by atoms with Gasteiger partial charge in [-0.3, -0.25) is 4.79 Å². The van der Waals surface area contributed by atoms with Crippen LogP contribution >= 0.6 is 0 Å². The molecular weight excluding hydrogens is 385 g/mol. The Hall–Kier alpha value is 0.118. The van der Waals surface area contributed by atoms with E-state index in [2.05, 4.69) is 58.9 Å². The molecule has 0 rings (SSSR count). The van der Waals surface area contributed by atoms with Crippen molar-refractivity contribution in [1.82, 2.24) is 0 Å². The molecule has 1 atom stereocenters. The number of hydrogen-bond donors (Lipinski definition) is 1. The number of aliphatic hydroxyl groups excluding tert-OH is 1. The summed E-state index contributed by atoms with van der Waals surface area (Å²) >= 11 is 0. The molecule has 0 aliphatic carbocycles. The normalized spacial score (nSPS) is 15.6. The molecule has 0 bridgehead atoms. The number of hydrogen-bond acceptors (Lipinski definition) is 5. The molecule has 0 fully saturated rings. The molecule has 0 spiro atoms. The summed E-state index contributed by atoms with van der Waals surface area (Å²) in [6.07, 6.45) is 2.32. The highest BCUT2D eigenvalue weighted by molar-refractivity contribution is 6.90. The summed E-state index contributed by atoms with van der Waals surface area (Å²) in [5.41, 5.74) is 0. The van der Waals surface area contributed by atoms with Crippen molar-refractivity contribution < 1.29 is 22.2 Å². The van der Waals surface area contributed by atoms with Gasteiger partial charge in [0.2, 0.25) is 0 Å². The minimum Gasteiger partial charge on any atom is -0.417 e. The second kappa shape index (κ2) is 9.36. The Kier molecular flexibility index (Phi) is 9.40. The van der Waals surface area contributed by atoms with E-state index in [-0.39, 0.29) is 5.78 Å². The van der Waals surface area contributed by atoms with Crippen LogP contribution in [0.25, 0.3) is 0 Å². The third-order valence-corrected chi connectivity index (χ3v) is 14.7. The van der Waals surface area contributed by atoms with Crippen molar-refractivity contribution >= 4 is 39.5 Å². The van der Waals surface area contributed by atoms with Crippen molar-refractivity contribution in [3.8, 4) is 0 Å². The predicted octanol–water partition coefficient (Wildman–Crippen LogP) is 4.38. The molecule has 0 saturated heterocycles. The fourth-order valence-corrected chi connectivity index (χ4v) is 17.0. The van der Waals surface area contributed by atoms with Crippen molar-refractivity contribution in [2.75, 3.05) is 0 Å². The number of aliphatic hydroxyl groups is 1. The maximum atomic E-state index is 11.9. The van der Waals surface area contributed by atoms with Gasteiger partial charge in [0.15, 0.2) is 30.7 Å². The molecule has 9 heteroatoms. The molecule has 1 unspecified atom stereocenters. The van der Waals surface area contributed by atoms with Gasteiger partial charge in [0.25, 0.3) is 0 Å². The Labute approximate surface area is 158 Å². The van der Waals surface area contributed by atoms with Gasteiger partial charge < -0.3 is 17.5 Å². The topological polar surface area (TPSA) is 65.0 Å². The molecule has 0 aliphatic rings. The van der Waals surface area contributed by atoms with E-state index in [1.165, 1.54) is 6.08 Å². The van der Waals surface area contributed by atoms with Crippen LogP contribution in [0.3, 0.4) is 0 Å². The van der Waals surface area contributed by atoms with Gasteiger partial charge >= 0.3 is 8.80 Å². The van der Waals surface area contributed by atoms with Crippen molar-refractivity contribution in [2.45, 2.75) is 84.4 Å². The van der Waals surface area contributed by atoms with Crippen LogP contribution in [-0.2, 0) is 17.1 Å². The van der Waals surface area contributed by atoms with Gasteiger partial charge in [0.1, 0.15) is 6.10 Å². The monoisotopic (exact) mass is 422 g/mol. The summed E-state index contributed by atoms with van der Waals surface area (Å²) in [4.78, 5) is 11.9. The minimum absolute atomic E-state index is 0.278. The summed E-state index contributed by atoms with van der Waals surface area (Å²) < 4.78 is 19.6. The number of carbonyl (C=O) groups is 1.